The lowest BCUT2D eigenvalue weighted by molar-refractivity contribution is -0.113. The van der Waals surface area contributed by atoms with Crippen LogP contribution in [-0.2, 0) is 24.4 Å². The van der Waals surface area contributed by atoms with Crippen molar-refractivity contribution in [2.75, 3.05) is 11.1 Å². The second-order valence-corrected chi connectivity index (χ2v) is 7.81. The summed E-state index contributed by atoms with van der Waals surface area (Å²) in [5.74, 6) is 1.49. The number of carbonyl (C=O) groups is 1. The highest BCUT2D eigenvalue weighted by Crippen LogP contribution is 2.20. The van der Waals surface area contributed by atoms with Crippen LogP contribution in [0.25, 0.3) is 0 Å². The second-order valence-electron chi connectivity index (χ2n) is 6.43. The number of nitrogens with zero attached hydrogens (tertiary/aromatic N) is 3. The molecular weight excluding hydrogens is 420 g/mol. The first kappa shape index (κ1) is 21.9. The number of amides is 1. The lowest BCUT2D eigenvalue weighted by atomic mass is 10.2. The monoisotopic (exact) mass is 442 g/mol. The third-order valence-corrected chi connectivity index (χ3v) is 5.45. The number of hydrogen-bond donors (Lipinski definition) is 1. The van der Waals surface area contributed by atoms with Crippen LogP contribution < -0.4 is 10.1 Å². The van der Waals surface area contributed by atoms with Crippen molar-refractivity contribution in [3.63, 3.8) is 0 Å². The van der Waals surface area contributed by atoms with E-state index in [0.717, 1.165) is 12.2 Å². The standard InChI is InChI=1S/C22H23ClN4O2S/c1-3-12-27-20(14-29-19-10-8-16(4-2)9-11-19)25-26-22(27)30-15-21(28)24-18-7-5-6-17(23)13-18/h3,5-11,13H,1,4,12,14-15H2,2H3,(H,24,28). The molecular formula is C22H23ClN4O2S. The van der Waals surface area contributed by atoms with Crippen LogP contribution in [-0.4, -0.2) is 26.4 Å². The Labute approximate surface area is 185 Å². The van der Waals surface area contributed by atoms with Crippen molar-refractivity contribution in [3.8, 4) is 5.75 Å². The number of ether oxygens (including phenoxy) is 1. The van der Waals surface area contributed by atoms with E-state index in [1.165, 1.54) is 17.3 Å². The molecule has 0 bridgehead atoms. The molecule has 6 nitrogen and oxygen atoms in total. The van der Waals surface area contributed by atoms with Crippen molar-refractivity contribution >= 4 is 35.0 Å². The maximum Gasteiger partial charge on any atom is 0.234 e. The average molecular weight is 443 g/mol. The van der Waals surface area contributed by atoms with E-state index >= 15 is 0 Å². The molecule has 30 heavy (non-hydrogen) atoms. The molecule has 0 fully saturated rings. The van der Waals surface area contributed by atoms with Gasteiger partial charge < -0.3 is 10.1 Å². The van der Waals surface area contributed by atoms with Crippen LogP contribution in [0.5, 0.6) is 5.75 Å². The minimum atomic E-state index is -0.149. The number of thioether (sulfide) groups is 1. The van der Waals surface area contributed by atoms with Gasteiger partial charge in [-0.1, -0.05) is 54.6 Å². The Morgan fingerprint density at radius 1 is 1.27 bits per heavy atom. The van der Waals surface area contributed by atoms with Crippen molar-refractivity contribution in [2.45, 2.75) is 31.7 Å². The first-order valence-corrected chi connectivity index (χ1v) is 10.9. The molecule has 1 N–H and O–H groups in total. The topological polar surface area (TPSA) is 69.0 Å². The first-order valence-electron chi connectivity index (χ1n) is 9.52. The average Bonchev–Trinajstić information content (AvgIpc) is 3.13. The summed E-state index contributed by atoms with van der Waals surface area (Å²) < 4.78 is 7.74. The largest absolute Gasteiger partial charge is 0.486 e. The summed E-state index contributed by atoms with van der Waals surface area (Å²) in [5, 5.41) is 12.5. The van der Waals surface area contributed by atoms with Crippen LogP contribution in [0.2, 0.25) is 5.02 Å². The third kappa shape index (κ3) is 6.11. The highest BCUT2D eigenvalue weighted by atomic mass is 35.5. The van der Waals surface area contributed by atoms with Gasteiger partial charge in [0, 0.05) is 17.3 Å². The summed E-state index contributed by atoms with van der Waals surface area (Å²) in [6, 6.07) is 15.0. The number of allylic oxidation sites excluding steroid dienone is 1. The van der Waals surface area contributed by atoms with Gasteiger partial charge in [0.1, 0.15) is 12.4 Å². The van der Waals surface area contributed by atoms with Crippen LogP contribution in [0.3, 0.4) is 0 Å². The zero-order chi connectivity index (χ0) is 21.3. The number of rotatable bonds is 10. The van der Waals surface area contributed by atoms with E-state index in [1.807, 2.05) is 28.8 Å². The van der Waals surface area contributed by atoms with Gasteiger partial charge in [-0.2, -0.15) is 0 Å². The molecule has 0 atom stereocenters. The van der Waals surface area contributed by atoms with Gasteiger partial charge in [0.15, 0.2) is 11.0 Å². The van der Waals surface area contributed by atoms with Crippen LogP contribution in [0.4, 0.5) is 5.69 Å². The fourth-order valence-corrected chi connectivity index (χ4v) is 3.66. The molecule has 2 aromatic carbocycles. The molecule has 0 aliphatic rings. The number of nitrogens with one attached hydrogen (secondary N) is 1. The fourth-order valence-electron chi connectivity index (χ4n) is 2.71. The number of aryl methyl sites for hydroxylation is 1. The van der Waals surface area contributed by atoms with Crippen LogP contribution in [0.1, 0.15) is 18.3 Å². The van der Waals surface area contributed by atoms with Gasteiger partial charge in [-0.05, 0) is 42.3 Å². The molecule has 0 unspecified atom stereocenters. The Morgan fingerprint density at radius 3 is 2.77 bits per heavy atom. The minimum Gasteiger partial charge on any atom is -0.486 e. The summed E-state index contributed by atoms with van der Waals surface area (Å²) in [6.07, 6.45) is 2.75. The first-order chi connectivity index (χ1) is 14.6. The lowest BCUT2D eigenvalue weighted by Crippen LogP contribution is -2.15. The highest BCUT2D eigenvalue weighted by Gasteiger charge is 2.14. The molecule has 0 saturated heterocycles. The van der Waals surface area contributed by atoms with Gasteiger partial charge in [-0.25, -0.2) is 0 Å². The molecule has 0 aliphatic heterocycles. The Hall–Kier alpha value is -2.77. The predicted octanol–water partition coefficient (Wildman–Crippen LogP) is 4.99. The third-order valence-electron chi connectivity index (χ3n) is 4.25. The zero-order valence-corrected chi connectivity index (χ0v) is 18.2. The highest BCUT2D eigenvalue weighted by molar-refractivity contribution is 7.99. The zero-order valence-electron chi connectivity index (χ0n) is 16.7. The second kappa shape index (κ2) is 10.8. The van der Waals surface area contributed by atoms with Crippen LogP contribution >= 0.6 is 23.4 Å². The summed E-state index contributed by atoms with van der Waals surface area (Å²) in [4.78, 5) is 12.3. The number of anilines is 1. The SMILES string of the molecule is C=CCn1c(COc2ccc(CC)cc2)nnc1SCC(=O)Nc1cccc(Cl)c1. The smallest absolute Gasteiger partial charge is 0.234 e. The maximum atomic E-state index is 12.3. The van der Waals surface area contributed by atoms with Crippen LogP contribution in [0, 0.1) is 0 Å². The molecule has 156 valence electrons. The number of carbonyl (C=O) groups excluding carboxylic acids is 1. The Bertz CT molecular complexity index is 1000. The van der Waals surface area contributed by atoms with E-state index in [0.29, 0.717) is 28.2 Å². The van der Waals surface area contributed by atoms with Crippen molar-refractivity contribution in [3.05, 3.63) is 77.6 Å². The van der Waals surface area contributed by atoms with Crippen molar-refractivity contribution in [1.82, 2.24) is 14.8 Å². The van der Waals surface area contributed by atoms with E-state index in [9.17, 15) is 4.79 Å². The number of benzene rings is 2. The van der Waals surface area contributed by atoms with E-state index in [2.05, 4.69) is 29.0 Å². The molecule has 3 rings (SSSR count). The Balaban J connectivity index is 1.60. The molecule has 8 heteroatoms. The van der Waals surface area contributed by atoms with Crippen molar-refractivity contribution in [1.29, 1.82) is 0 Å². The summed E-state index contributed by atoms with van der Waals surface area (Å²) in [6.45, 7) is 6.72. The van der Waals surface area contributed by atoms with E-state index in [4.69, 9.17) is 16.3 Å². The molecule has 1 heterocycles. The number of halogens is 1. The van der Waals surface area contributed by atoms with Gasteiger partial charge in [0.2, 0.25) is 5.91 Å². The molecule has 1 aromatic heterocycles. The molecule has 0 radical (unpaired) electrons. The van der Waals surface area contributed by atoms with Gasteiger partial charge in [-0.15, -0.1) is 16.8 Å². The Kier molecular flexibility index (Phi) is 7.93. The molecule has 3 aromatic rings. The van der Waals surface area contributed by atoms with Gasteiger partial charge in [0.05, 0.1) is 5.75 Å². The van der Waals surface area contributed by atoms with E-state index < -0.39 is 0 Å². The molecule has 1 amide bonds. The van der Waals surface area contributed by atoms with E-state index in [1.54, 1.807) is 30.3 Å². The van der Waals surface area contributed by atoms with E-state index in [-0.39, 0.29) is 18.3 Å². The van der Waals surface area contributed by atoms with Crippen molar-refractivity contribution < 1.29 is 9.53 Å². The van der Waals surface area contributed by atoms with Crippen LogP contribution in [0.15, 0.2) is 66.3 Å². The number of hydrogen-bond acceptors (Lipinski definition) is 5. The Morgan fingerprint density at radius 2 is 2.07 bits per heavy atom. The quantitative estimate of drug-likeness (QED) is 0.354. The predicted molar refractivity (Wildman–Crippen MR) is 121 cm³/mol. The molecule has 0 spiro atoms. The van der Waals surface area contributed by atoms with Gasteiger partial charge >= 0.3 is 0 Å². The molecule has 0 saturated carbocycles. The summed E-state index contributed by atoms with van der Waals surface area (Å²) in [5.41, 5.74) is 1.91. The maximum absolute atomic E-state index is 12.3. The minimum absolute atomic E-state index is 0.149. The lowest BCUT2D eigenvalue weighted by Gasteiger charge is -2.10. The molecule has 0 aliphatic carbocycles. The summed E-state index contributed by atoms with van der Waals surface area (Å²) in [7, 11) is 0. The normalized spacial score (nSPS) is 10.6. The van der Waals surface area contributed by atoms with Gasteiger partial charge in [-0.3, -0.25) is 9.36 Å². The number of aromatic nitrogens is 3. The van der Waals surface area contributed by atoms with Crippen molar-refractivity contribution in [2.24, 2.45) is 0 Å². The fraction of sp³-hybridized carbons (Fsp3) is 0.227. The summed E-state index contributed by atoms with van der Waals surface area (Å²) >= 11 is 7.26. The van der Waals surface area contributed by atoms with Gasteiger partial charge in [0.25, 0.3) is 0 Å².